The van der Waals surface area contributed by atoms with Crippen molar-refractivity contribution in [1.82, 2.24) is 0 Å². The molecular weight excluding hydrogens is 251 g/mol. The van der Waals surface area contributed by atoms with Gasteiger partial charge in [-0.15, -0.1) is 0 Å². The van der Waals surface area contributed by atoms with Crippen molar-refractivity contribution < 1.29 is 14.0 Å². The Bertz CT molecular complexity index is 504. The summed E-state index contributed by atoms with van der Waals surface area (Å²) in [6.45, 7) is 8.33. The SMILES string of the molecule is COc1ccc(B2OC(C)(C)C(C)(C)O2)cc1C1CC1. The minimum absolute atomic E-state index is 0.289. The smallest absolute Gasteiger partial charge is 0.494 e. The third-order valence-electron chi connectivity index (χ3n) is 4.80. The van der Waals surface area contributed by atoms with Crippen LogP contribution < -0.4 is 10.2 Å². The fourth-order valence-electron chi connectivity index (χ4n) is 2.59. The molecule has 3 nitrogen and oxygen atoms in total. The normalized spacial score (nSPS) is 23.9. The largest absolute Gasteiger partial charge is 0.496 e. The highest BCUT2D eigenvalue weighted by Crippen LogP contribution is 2.44. The lowest BCUT2D eigenvalue weighted by molar-refractivity contribution is 0.00578. The summed E-state index contributed by atoms with van der Waals surface area (Å²) in [7, 11) is 1.44. The minimum atomic E-state index is -0.294. The average Bonchev–Trinajstić information content (AvgIpc) is 3.17. The van der Waals surface area contributed by atoms with E-state index >= 15 is 0 Å². The minimum Gasteiger partial charge on any atom is -0.496 e. The highest BCUT2D eigenvalue weighted by atomic mass is 16.7. The molecule has 0 unspecified atom stereocenters. The van der Waals surface area contributed by atoms with Crippen LogP contribution in [0.25, 0.3) is 0 Å². The van der Waals surface area contributed by atoms with E-state index in [2.05, 4.69) is 33.8 Å². The summed E-state index contributed by atoms with van der Waals surface area (Å²) >= 11 is 0. The van der Waals surface area contributed by atoms with Gasteiger partial charge in [0.15, 0.2) is 0 Å². The topological polar surface area (TPSA) is 27.7 Å². The van der Waals surface area contributed by atoms with Crippen molar-refractivity contribution in [3.8, 4) is 5.75 Å². The molecule has 1 saturated heterocycles. The summed E-state index contributed by atoms with van der Waals surface area (Å²) in [5.41, 5.74) is 1.79. The fraction of sp³-hybridized carbons (Fsp3) is 0.625. The first-order valence-corrected chi connectivity index (χ1v) is 7.37. The maximum absolute atomic E-state index is 6.12. The predicted octanol–water partition coefficient (Wildman–Crippen LogP) is 2.87. The van der Waals surface area contributed by atoms with Gasteiger partial charge in [-0.25, -0.2) is 0 Å². The lowest BCUT2D eigenvalue weighted by atomic mass is 9.78. The van der Waals surface area contributed by atoms with Crippen LogP contribution in [0.5, 0.6) is 5.75 Å². The van der Waals surface area contributed by atoms with Gasteiger partial charge in [0.25, 0.3) is 0 Å². The van der Waals surface area contributed by atoms with Crippen molar-refractivity contribution in [2.75, 3.05) is 7.11 Å². The lowest BCUT2D eigenvalue weighted by Crippen LogP contribution is -2.41. The number of hydrogen-bond acceptors (Lipinski definition) is 3. The number of methoxy groups -OCH3 is 1. The van der Waals surface area contributed by atoms with Gasteiger partial charge in [0.1, 0.15) is 5.75 Å². The van der Waals surface area contributed by atoms with Crippen LogP contribution in [0.15, 0.2) is 18.2 Å². The van der Waals surface area contributed by atoms with E-state index in [0.717, 1.165) is 11.2 Å². The first kappa shape index (κ1) is 14.0. The zero-order chi connectivity index (χ0) is 14.5. The molecule has 0 bridgehead atoms. The van der Waals surface area contributed by atoms with Crippen molar-refractivity contribution >= 4 is 12.6 Å². The Balaban J connectivity index is 1.90. The lowest BCUT2D eigenvalue weighted by Gasteiger charge is -2.32. The molecule has 1 aliphatic carbocycles. The van der Waals surface area contributed by atoms with Gasteiger partial charge < -0.3 is 14.0 Å². The molecule has 1 aromatic rings. The second-order valence-electron chi connectivity index (χ2n) is 6.86. The van der Waals surface area contributed by atoms with Crippen molar-refractivity contribution in [3.63, 3.8) is 0 Å². The summed E-state index contributed by atoms with van der Waals surface area (Å²) < 4.78 is 17.7. The maximum Gasteiger partial charge on any atom is 0.494 e. The monoisotopic (exact) mass is 274 g/mol. The van der Waals surface area contributed by atoms with Gasteiger partial charge in [0, 0.05) is 0 Å². The molecule has 1 aliphatic heterocycles. The standard InChI is InChI=1S/C16H23BO3/c1-15(2)16(3,4)20-17(19-15)12-8-9-14(18-5)13(10-12)11-6-7-11/h8-11H,6-7H2,1-5H3. The molecule has 20 heavy (non-hydrogen) atoms. The van der Waals surface area contributed by atoms with E-state index in [1.165, 1.54) is 18.4 Å². The number of hydrogen-bond donors (Lipinski definition) is 0. The fourth-order valence-corrected chi connectivity index (χ4v) is 2.59. The number of ether oxygens (including phenoxy) is 1. The van der Waals surface area contributed by atoms with Crippen LogP contribution in [0.1, 0.15) is 52.0 Å². The molecule has 0 amide bonds. The molecule has 0 N–H and O–H groups in total. The second-order valence-corrected chi connectivity index (χ2v) is 6.86. The van der Waals surface area contributed by atoms with E-state index in [0.29, 0.717) is 5.92 Å². The van der Waals surface area contributed by atoms with E-state index in [-0.39, 0.29) is 18.3 Å². The molecule has 1 saturated carbocycles. The van der Waals surface area contributed by atoms with Crippen LogP contribution >= 0.6 is 0 Å². The summed E-state index contributed by atoms with van der Waals surface area (Å²) in [6, 6.07) is 6.28. The number of rotatable bonds is 3. The van der Waals surface area contributed by atoms with E-state index in [4.69, 9.17) is 14.0 Å². The Labute approximate surface area is 121 Å². The van der Waals surface area contributed by atoms with E-state index in [9.17, 15) is 0 Å². The molecule has 1 heterocycles. The number of benzene rings is 1. The molecule has 0 radical (unpaired) electrons. The molecular formula is C16H23BO3. The maximum atomic E-state index is 6.12. The van der Waals surface area contributed by atoms with Crippen LogP contribution in [0.2, 0.25) is 0 Å². The van der Waals surface area contributed by atoms with Gasteiger partial charge in [-0.05, 0) is 63.5 Å². The molecule has 4 heteroatoms. The Morgan fingerprint density at radius 3 is 2.20 bits per heavy atom. The Kier molecular flexibility index (Phi) is 3.14. The molecule has 0 aromatic heterocycles. The first-order chi connectivity index (χ1) is 9.34. The zero-order valence-electron chi connectivity index (χ0n) is 13.0. The Hall–Kier alpha value is -0.995. The van der Waals surface area contributed by atoms with Crippen molar-refractivity contribution in [2.24, 2.45) is 0 Å². The third kappa shape index (κ3) is 2.25. The quantitative estimate of drug-likeness (QED) is 0.793. The Morgan fingerprint density at radius 1 is 1.10 bits per heavy atom. The van der Waals surface area contributed by atoms with E-state index < -0.39 is 0 Å². The van der Waals surface area contributed by atoms with Gasteiger partial charge in [0.2, 0.25) is 0 Å². The first-order valence-electron chi connectivity index (χ1n) is 7.37. The highest BCUT2D eigenvalue weighted by molar-refractivity contribution is 6.62. The molecule has 2 aliphatic rings. The van der Waals surface area contributed by atoms with Crippen LogP contribution in [0.4, 0.5) is 0 Å². The molecule has 0 spiro atoms. The Morgan fingerprint density at radius 2 is 1.70 bits per heavy atom. The third-order valence-corrected chi connectivity index (χ3v) is 4.80. The van der Waals surface area contributed by atoms with Gasteiger partial charge >= 0.3 is 7.12 Å². The van der Waals surface area contributed by atoms with Gasteiger partial charge in [-0.1, -0.05) is 12.1 Å². The highest BCUT2D eigenvalue weighted by Gasteiger charge is 2.51. The van der Waals surface area contributed by atoms with Crippen LogP contribution in [-0.2, 0) is 9.31 Å². The van der Waals surface area contributed by atoms with Gasteiger partial charge in [-0.2, -0.15) is 0 Å². The van der Waals surface area contributed by atoms with Crippen molar-refractivity contribution in [1.29, 1.82) is 0 Å². The summed E-state index contributed by atoms with van der Waals surface area (Å²) in [6.07, 6.45) is 2.51. The molecule has 2 fully saturated rings. The second kappa shape index (κ2) is 4.50. The van der Waals surface area contributed by atoms with Crippen LogP contribution in [0.3, 0.4) is 0 Å². The zero-order valence-corrected chi connectivity index (χ0v) is 13.0. The van der Waals surface area contributed by atoms with E-state index in [1.807, 2.05) is 12.1 Å². The summed E-state index contributed by atoms with van der Waals surface area (Å²) in [4.78, 5) is 0. The van der Waals surface area contributed by atoms with Crippen LogP contribution in [0, 0.1) is 0 Å². The predicted molar refractivity (Wildman–Crippen MR) is 80.7 cm³/mol. The molecule has 0 atom stereocenters. The van der Waals surface area contributed by atoms with Gasteiger partial charge in [-0.3, -0.25) is 0 Å². The molecule has 3 rings (SSSR count). The van der Waals surface area contributed by atoms with Crippen molar-refractivity contribution in [2.45, 2.75) is 57.7 Å². The molecule has 108 valence electrons. The van der Waals surface area contributed by atoms with Crippen molar-refractivity contribution in [3.05, 3.63) is 23.8 Å². The summed E-state index contributed by atoms with van der Waals surface area (Å²) in [5, 5.41) is 0. The average molecular weight is 274 g/mol. The van der Waals surface area contributed by atoms with E-state index in [1.54, 1.807) is 7.11 Å². The molecule has 1 aromatic carbocycles. The van der Waals surface area contributed by atoms with Crippen LogP contribution in [-0.4, -0.2) is 25.4 Å². The van der Waals surface area contributed by atoms with Gasteiger partial charge in [0.05, 0.1) is 18.3 Å². The summed E-state index contributed by atoms with van der Waals surface area (Å²) in [5.74, 6) is 1.63.